The summed E-state index contributed by atoms with van der Waals surface area (Å²) in [5.74, 6) is -2.43. The molecule has 1 aromatic carbocycles. The van der Waals surface area contributed by atoms with Crippen LogP contribution in [0.2, 0.25) is 0 Å². The molecule has 1 atom stereocenters. The summed E-state index contributed by atoms with van der Waals surface area (Å²) >= 11 is 1.68. The van der Waals surface area contributed by atoms with Crippen molar-refractivity contribution in [2.45, 2.75) is 83.1 Å². The van der Waals surface area contributed by atoms with Crippen molar-refractivity contribution < 1.29 is 27.9 Å². The lowest BCUT2D eigenvalue weighted by atomic mass is 9.87. The number of carboxylic acid groups (broad SMARTS) is 1. The van der Waals surface area contributed by atoms with Crippen LogP contribution in [0.25, 0.3) is 0 Å². The Morgan fingerprint density at radius 1 is 1.08 bits per heavy atom. The molecule has 2 fully saturated rings. The Bertz CT molecular complexity index is 1100. The van der Waals surface area contributed by atoms with Crippen molar-refractivity contribution in [3.05, 3.63) is 51.0 Å². The van der Waals surface area contributed by atoms with E-state index < -0.39 is 12.1 Å². The van der Waals surface area contributed by atoms with Crippen molar-refractivity contribution in [3.8, 4) is 0 Å². The Hall–Kier alpha value is -2.46. The largest absolute Gasteiger partial charge is 0.490 e. The van der Waals surface area contributed by atoms with E-state index >= 15 is 0 Å². The summed E-state index contributed by atoms with van der Waals surface area (Å²) in [6.45, 7) is 5.99. The molecule has 1 aliphatic carbocycles. The summed E-state index contributed by atoms with van der Waals surface area (Å²) in [5, 5.41) is 10.3. The Kier molecular flexibility index (Phi) is 8.04. The van der Waals surface area contributed by atoms with Crippen LogP contribution >= 0.6 is 11.3 Å². The van der Waals surface area contributed by atoms with Crippen molar-refractivity contribution in [1.29, 1.82) is 0 Å². The number of aromatic nitrogens is 1. The van der Waals surface area contributed by atoms with E-state index in [9.17, 15) is 18.0 Å². The topological polar surface area (TPSA) is 73.7 Å². The number of fused-ring (bicyclic) bond motifs is 1. The first kappa shape index (κ1) is 26.6. The summed E-state index contributed by atoms with van der Waals surface area (Å²) in [5.41, 5.74) is 5.68. The van der Waals surface area contributed by atoms with E-state index in [-0.39, 0.29) is 5.54 Å². The molecule has 1 spiro atoms. The molecule has 36 heavy (non-hydrogen) atoms. The van der Waals surface area contributed by atoms with Gasteiger partial charge >= 0.3 is 12.1 Å². The zero-order valence-corrected chi connectivity index (χ0v) is 21.3. The average molecular weight is 524 g/mol. The molecular formula is C26H32F3N3O3S. The minimum Gasteiger partial charge on any atom is -0.475 e. The Balaban J connectivity index is 0.000000384. The molecule has 1 amide bonds. The maximum Gasteiger partial charge on any atom is 0.490 e. The van der Waals surface area contributed by atoms with Gasteiger partial charge in [-0.05, 0) is 75.1 Å². The van der Waals surface area contributed by atoms with Crippen molar-refractivity contribution in [1.82, 2.24) is 14.8 Å². The minimum atomic E-state index is -5.08. The third-order valence-electron chi connectivity index (χ3n) is 7.49. The lowest BCUT2D eigenvalue weighted by molar-refractivity contribution is -0.192. The Morgan fingerprint density at radius 2 is 1.83 bits per heavy atom. The summed E-state index contributed by atoms with van der Waals surface area (Å²) in [6.07, 6.45) is 3.84. The molecule has 3 aliphatic rings. The Morgan fingerprint density at radius 3 is 2.53 bits per heavy atom. The van der Waals surface area contributed by atoms with E-state index in [1.54, 1.807) is 22.5 Å². The van der Waals surface area contributed by atoms with Gasteiger partial charge in [0.25, 0.3) is 0 Å². The van der Waals surface area contributed by atoms with Gasteiger partial charge in [-0.1, -0.05) is 18.2 Å². The molecule has 1 unspecified atom stereocenters. The van der Waals surface area contributed by atoms with Gasteiger partial charge in [0, 0.05) is 30.4 Å². The number of nitrogens with zero attached hydrogens (tertiary/aromatic N) is 3. The molecule has 5 rings (SSSR count). The van der Waals surface area contributed by atoms with Crippen molar-refractivity contribution in [2.75, 3.05) is 13.1 Å². The summed E-state index contributed by atoms with van der Waals surface area (Å²) < 4.78 is 31.7. The number of aryl methyl sites for hydroxylation is 3. The van der Waals surface area contributed by atoms with Crippen LogP contribution in [0.5, 0.6) is 0 Å². The van der Waals surface area contributed by atoms with Crippen LogP contribution in [-0.4, -0.2) is 56.6 Å². The van der Waals surface area contributed by atoms with Gasteiger partial charge in [-0.15, -0.1) is 11.3 Å². The predicted molar refractivity (Wildman–Crippen MR) is 131 cm³/mol. The molecule has 10 heteroatoms. The first-order valence-corrected chi connectivity index (χ1v) is 13.3. The van der Waals surface area contributed by atoms with Crippen LogP contribution in [0.15, 0.2) is 23.6 Å². The number of amides is 1. The highest BCUT2D eigenvalue weighted by Gasteiger charge is 2.45. The number of carboxylic acids is 1. The SMILES string of the molecule is Cc1nc(CN2C(=O)CCC23CCCN(Cc2ccc4c(c2)CCC4)CC3)cs1.O=C(O)C(F)(F)F. The second kappa shape index (κ2) is 10.9. The first-order chi connectivity index (χ1) is 17.1. The molecule has 1 N–H and O–H groups in total. The third-order valence-corrected chi connectivity index (χ3v) is 8.31. The van der Waals surface area contributed by atoms with Gasteiger partial charge in [-0.2, -0.15) is 13.2 Å². The summed E-state index contributed by atoms with van der Waals surface area (Å²) in [7, 11) is 0. The molecule has 6 nitrogen and oxygen atoms in total. The fraction of sp³-hybridized carbons (Fsp3) is 0.577. The van der Waals surface area contributed by atoms with Gasteiger partial charge in [0.2, 0.25) is 5.91 Å². The number of hydrogen-bond donors (Lipinski definition) is 1. The zero-order valence-electron chi connectivity index (χ0n) is 20.4. The number of aliphatic carboxylic acids is 1. The van der Waals surface area contributed by atoms with Gasteiger partial charge in [-0.25, -0.2) is 9.78 Å². The van der Waals surface area contributed by atoms with Crippen LogP contribution in [0.3, 0.4) is 0 Å². The fourth-order valence-electron chi connectivity index (χ4n) is 5.67. The van der Waals surface area contributed by atoms with E-state index in [4.69, 9.17) is 9.90 Å². The molecule has 2 aromatic rings. The van der Waals surface area contributed by atoms with Gasteiger partial charge in [0.1, 0.15) is 0 Å². The molecule has 196 valence electrons. The van der Waals surface area contributed by atoms with Crippen molar-refractivity contribution in [3.63, 3.8) is 0 Å². The second-order valence-electron chi connectivity index (χ2n) is 9.95. The van der Waals surface area contributed by atoms with Crippen LogP contribution in [0.1, 0.15) is 65.9 Å². The zero-order chi connectivity index (χ0) is 25.9. The standard InChI is InChI=1S/C24H31N3OS.C2HF3O2/c1-18-25-22(17-29-18)16-27-23(28)8-10-24(27)9-3-12-26(13-11-24)15-19-6-7-20-4-2-5-21(20)14-19;3-2(4,5)1(6)7/h6-7,14,17H,2-5,8-13,15-16H2,1H3;(H,6,7). The van der Waals surface area contributed by atoms with Crippen molar-refractivity contribution in [2.24, 2.45) is 0 Å². The minimum absolute atomic E-state index is 0.0429. The normalized spacial score (nSPS) is 22.3. The molecule has 0 saturated carbocycles. The molecule has 3 heterocycles. The molecule has 2 saturated heterocycles. The van der Waals surface area contributed by atoms with E-state index in [0.29, 0.717) is 18.9 Å². The summed E-state index contributed by atoms with van der Waals surface area (Å²) in [6, 6.07) is 7.13. The highest BCUT2D eigenvalue weighted by Crippen LogP contribution is 2.40. The van der Waals surface area contributed by atoms with Gasteiger partial charge < -0.3 is 10.0 Å². The third kappa shape index (κ3) is 6.26. The number of alkyl halides is 3. The van der Waals surface area contributed by atoms with Crippen LogP contribution in [0, 0.1) is 6.92 Å². The number of halogens is 3. The summed E-state index contributed by atoms with van der Waals surface area (Å²) in [4.78, 5) is 31.1. The molecule has 1 aromatic heterocycles. The van der Waals surface area contributed by atoms with E-state index in [2.05, 4.69) is 38.4 Å². The number of thiazole rings is 1. The van der Waals surface area contributed by atoms with Crippen LogP contribution in [-0.2, 0) is 35.5 Å². The number of hydrogen-bond acceptors (Lipinski definition) is 5. The fourth-order valence-corrected chi connectivity index (χ4v) is 6.27. The number of likely N-dealkylation sites (tertiary alicyclic amines) is 2. The van der Waals surface area contributed by atoms with E-state index in [0.717, 1.165) is 49.6 Å². The molecule has 2 aliphatic heterocycles. The van der Waals surface area contributed by atoms with E-state index in [1.165, 1.54) is 31.2 Å². The second-order valence-corrected chi connectivity index (χ2v) is 11.0. The van der Waals surface area contributed by atoms with Crippen molar-refractivity contribution >= 4 is 23.2 Å². The monoisotopic (exact) mass is 523 g/mol. The van der Waals surface area contributed by atoms with Gasteiger partial charge in [-0.3, -0.25) is 9.69 Å². The Labute approximate surface area is 213 Å². The first-order valence-electron chi connectivity index (χ1n) is 12.4. The maximum atomic E-state index is 12.7. The molecular weight excluding hydrogens is 491 g/mol. The smallest absolute Gasteiger partial charge is 0.475 e. The number of rotatable bonds is 4. The number of benzene rings is 1. The quantitative estimate of drug-likeness (QED) is 0.602. The molecule has 0 bridgehead atoms. The lowest BCUT2D eigenvalue weighted by Crippen LogP contribution is -2.46. The number of carbonyl (C=O) groups excluding carboxylic acids is 1. The maximum absolute atomic E-state index is 12.7. The lowest BCUT2D eigenvalue weighted by Gasteiger charge is -2.38. The average Bonchev–Trinajstić information content (AvgIpc) is 3.49. The molecule has 0 radical (unpaired) electrons. The van der Waals surface area contributed by atoms with Gasteiger partial charge in [0.05, 0.1) is 17.2 Å². The van der Waals surface area contributed by atoms with Gasteiger partial charge in [0.15, 0.2) is 0 Å². The van der Waals surface area contributed by atoms with E-state index in [1.807, 2.05) is 6.92 Å². The highest BCUT2D eigenvalue weighted by molar-refractivity contribution is 7.09. The van der Waals surface area contributed by atoms with Crippen LogP contribution < -0.4 is 0 Å². The highest BCUT2D eigenvalue weighted by atomic mass is 32.1. The number of carbonyl (C=O) groups is 2. The van der Waals surface area contributed by atoms with Crippen LogP contribution in [0.4, 0.5) is 13.2 Å². The predicted octanol–water partition coefficient (Wildman–Crippen LogP) is 5.12.